The number of carbonyl (C=O) groups excluding carboxylic acids is 2. The highest BCUT2D eigenvalue weighted by molar-refractivity contribution is 5.84. The van der Waals surface area contributed by atoms with Crippen molar-refractivity contribution in [2.75, 3.05) is 38.2 Å². The van der Waals surface area contributed by atoms with Crippen molar-refractivity contribution in [1.82, 2.24) is 15.2 Å². The Labute approximate surface area is 170 Å². The maximum atomic E-state index is 12.9. The molecule has 1 aromatic heterocycles. The van der Waals surface area contributed by atoms with Crippen LogP contribution in [0.5, 0.6) is 5.75 Å². The number of nitrogens with one attached hydrogen (secondary N) is 1. The topological polar surface area (TPSA) is 74.8 Å². The monoisotopic (exact) mass is 394 g/mol. The number of hydrogen-bond donors (Lipinski definition) is 1. The molecule has 152 valence electrons. The zero-order chi connectivity index (χ0) is 20.4. The predicted octanol–water partition coefficient (Wildman–Crippen LogP) is 1.86. The van der Waals surface area contributed by atoms with Crippen LogP contribution < -0.4 is 15.0 Å². The second-order valence-corrected chi connectivity index (χ2v) is 7.71. The molecule has 0 spiro atoms. The van der Waals surface area contributed by atoms with Gasteiger partial charge in [0, 0.05) is 56.5 Å². The predicted molar refractivity (Wildman–Crippen MR) is 110 cm³/mol. The van der Waals surface area contributed by atoms with Gasteiger partial charge in [-0.15, -0.1) is 0 Å². The van der Waals surface area contributed by atoms with Gasteiger partial charge in [-0.25, -0.2) is 0 Å². The summed E-state index contributed by atoms with van der Waals surface area (Å²) in [6, 6.07) is 12.0. The maximum absolute atomic E-state index is 12.9. The van der Waals surface area contributed by atoms with E-state index in [0.717, 1.165) is 24.4 Å². The normalized spacial score (nSPS) is 23.0. The summed E-state index contributed by atoms with van der Waals surface area (Å²) in [7, 11) is 1.65. The Morgan fingerprint density at radius 1 is 1.10 bits per heavy atom. The smallest absolute Gasteiger partial charge is 0.242 e. The van der Waals surface area contributed by atoms with Gasteiger partial charge in [0.25, 0.3) is 0 Å². The first kappa shape index (κ1) is 19.2. The van der Waals surface area contributed by atoms with Crippen LogP contribution in [0.4, 0.5) is 5.69 Å². The van der Waals surface area contributed by atoms with Crippen LogP contribution in [0.3, 0.4) is 0 Å². The number of fused-ring (bicyclic) bond motifs is 1. The third-order valence-electron chi connectivity index (χ3n) is 5.96. The van der Waals surface area contributed by atoms with Gasteiger partial charge >= 0.3 is 0 Å². The second kappa shape index (κ2) is 8.11. The minimum atomic E-state index is -0.192. The molecule has 0 radical (unpaired) electrons. The first-order chi connectivity index (χ1) is 14.1. The van der Waals surface area contributed by atoms with Gasteiger partial charge in [-0.05, 0) is 29.8 Å². The first-order valence-corrected chi connectivity index (χ1v) is 9.89. The van der Waals surface area contributed by atoms with Crippen molar-refractivity contribution < 1.29 is 14.3 Å². The zero-order valence-electron chi connectivity index (χ0n) is 16.7. The van der Waals surface area contributed by atoms with Gasteiger partial charge in [0.05, 0.1) is 19.7 Å². The van der Waals surface area contributed by atoms with Crippen LogP contribution in [-0.2, 0) is 9.59 Å². The van der Waals surface area contributed by atoms with Crippen molar-refractivity contribution in [3.8, 4) is 5.75 Å². The van der Waals surface area contributed by atoms with Crippen LogP contribution in [0.1, 0.15) is 18.5 Å². The fraction of sp³-hybridized carbons (Fsp3) is 0.409. The average molecular weight is 394 g/mol. The minimum Gasteiger partial charge on any atom is -0.497 e. The van der Waals surface area contributed by atoms with Crippen molar-refractivity contribution >= 4 is 17.5 Å². The molecule has 2 aliphatic heterocycles. The molecule has 2 saturated heterocycles. The molecule has 0 unspecified atom stereocenters. The quantitative estimate of drug-likeness (QED) is 0.838. The van der Waals surface area contributed by atoms with E-state index >= 15 is 0 Å². The Balaban J connectivity index is 1.59. The summed E-state index contributed by atoms with van der Waals surface area (Å²) in [5.41, 5.74) is 2.27. The summed E-state index contributed by atoms with van der Waals surface area (Å²) >= 11 is 0. The number of aromatic nitrogens is 1. The average Bonchev–Trinajstić information content (AvgIpc) is 3.31. The van der Waals surface area contributed by atoms with Gasteiger partial charge in [0.15, 0.2) is 0 Å². The molecular weight excluding hydrogens is 368 g/mol. The molecule has 3 heterocycles. The van der Waals surface area contributed by atoms with E-state index in [2.05, 4.69) is 15.2 Å². The van der Waals surface area contributed by atoms with Crippen LogP contribution in [0.15, 0.2) is 48.8 Å². The van der Waals surface area contributed by atoms with Crippen LogP contribution in [0.2, 0.25) is 0 Å². The highest BCUT2D eigenvalue weighted by Gasteiger charge is 2.49. The first-order valence-electron chi connectivity index (χ1n) is 9.89. The van der Waals surface area contributed by atoms with Gasteiger partial charge in [0.2, 0.25) is 11.8 Å². The van der Waals surface area contributed by atoms with Gasteiger partial charge in [-0.2, -0.15) is 0 Å². The van der Waals surface area contributed by atoms with Crippen LogP contribution in [0, 0.1) is 11.8 Å². The van der Waals surface area contributed by atoms with E-state index in [1.807, 2.05) is 53.7 Å². The summed E-state index contributed by atoms with van der Waals surface area (Å²) in [6.45, 7) is 3.96. The van der Waals surface area contributed by atoms with Gasteiger partial charge in [-0.3, -0.25) is 14.6 Å². The number of amides is 2. The molecule has 2 amide bonds. The van der Waals surface area contributed by atoms with E-state index in [4.69, 9.17) is 4.74 Å². The Morgan fingerprint density at radius 3 is 2.48 bits per heavy atom. The van der Waals surface area contributed by atoms with E-state index in [1.54, 1.807) is 7.11 Å². The lowest BCUT2D eigenvalue weighted by molar-refractivity contribution is -0.133. The summed E-state index contributed by atoms with van der Waals surface area (Å²) in [6.07, 6.45) is 3.63. The molecule has 3 atom stereocenters. The van der Waals surface area contributed by atoms with Crippen molar-refractivity contribution in [2.45, 2.75) is 13.0 Å². The number of methoxy groups -OCH3 is 1. The second-order valence-electron chi connectivity index (χ2n) is 7.71. The SMILES string of the molecule is COc1ccc([C@H]2[C@H]3CN(c4ccncc4)C[C@H]3CN2C(=O)CNC(C)=O)cc1. The number of ether oxygens (including phenoxy) is 1. The Bertz CT molecular complexity index is 871. The van der Waals surface area contributed by atoms with Crippen LogP contribution >= 0.6 is 0 Å². The van der Waals surface area contributed by atoms with Gasteiger partial charge in [0.1, 0.15) is 5.75 Å². The Hall–Kier alpha value is -3.09. The largest absolute Gasteiger partial charge is 0.497 e. The molecule has 2 aromatic rings. The van der Waals surface area contributed by atoms with E-state index in [9.17, 15) is 9.59 Å². The van der Waals surface area contributed by atoms with E-state index in [-0.39, 0.29) is 24.4 Å². The highest BCUT2D eigenvalue weighted by Crippen LogP contribution is 2.46. The Morgan fingerprint density at radius 2 is 1.83 bits per heavy atom. The lowest BCUT2D eigenvalue weighted by atomic mass is 9.89. The minimum absolute atomic E-state index is 0.0148. The van der Waals surface area contributed by atoms with Crippen LogP contribution in [0.25, 0.3) is 0 Å². The molecule has 2 aliphatic rings. The number of benzene rings is 1. The fourth-order valence-corrected chi connectivity index (χ4v) is 4.60. The molecule has 7 nitrogen and oxygen atoms in total. The molecular formula is C22H26N4O3. The summed E-state index contributed by atoms with van der Waals surface area (Å²) < 4.78 is 5.29. The van der Waals surface area contributed by atoms with Crippen LogP contribution in [-0.4, -0.2) is 55.0 Å². The third-order valence-corrected chi connectivity index (χ3v) is 5.96. The van der Waals surface area contributed by atoms with E-state index < -0.39 is 0 Å². The number of carbonyl (C=O) groups is 2. The summed E-state index contributed by atoms with van der Waals surface area (Å²) in [5, 5.41) is 2.65. The van der Waals surface area contributed by atoms with E-state index in [0.29, 0.717) is 18.4 Å². The molecule has 4 rings (SSSR count). The fourth-order valence-electron chi connectivity index (χ4n) is 4.60. The molecule has 1 N–H and O–H groups in total. The highest BCUT2D eigenvalue weighted by atomic mass is 16.5. The third kappa shape index (κ3) is 3.90. The van der Waals surface area contributed by atoms with Crippen molar-refractivity contribution in [2.24, 2.45) is 11.8 Å². The Kier molecular flexibility index (Phi) is 5.38. The van der Waals surface area contributed by atoms with Crippen molar-refractivity contribution in [1.29, 1.82) is 0 Å². The maximum Gasteiger partial charge on any atom is 0.242 e. The molecule has 0 saturated carbocycles. The molecule has 0 bridgehead atoms. The van der Waals surface area contributed by atoms with Crippen molar-refractivity contribution in [3.63, 3.8) is 0 Å². The van der Waals surface area contributed by atoms with Crippen molar-refractivity contribution in [3.05, 3.63) is 54.4 Å². The van der Waals surface area contributed by atoms with Gasteiger partial charge < -0.3 is 19.9 Å². The lowest BCUT2D eigenvalue weighted by Gasteiger charge is -2.30. The molecule has 29 heavy (non-hydrogen) atoms. The number of likely N-dealkylation sites (tertiary alicyclic amines) is 1. The number of rotatable bonds is 5. The molecule has 7 heteroatoms. The number of anilines is 1. The number of nitrogens with zero attached hydrogens (tertiary/aromatic N) is 3. The number of pyridine rings is 1. The van der Waals surface area contributed by atoms with E-state index in [1.165, 1.54) is 12.6 Å². The molecule has 0 aliphatic carbocycles. The van der Waals surface area contributed by atoms with Gasteiger partial charge in [-0.1, -0.05) is 12.1 Å². The standard InChI is InChI=1S/C22H26N4O3/c1-15(27)24-11-21(28)26-13-17-12-25(18-7-9-23-10-8-18)14-20(17)22(26)16-3-5-19(29-2)6-4-16/h3-10,17,20,22H,11-14H2,1-2H3,(H,24,27)/t17-,20-,22-/m0/s1. The zero-order valence-corrected chi connectivity index (χ0v) is 16.7. The molecule has 1 aromatic carbocycles. The summed E-state index contributed by atoms with van der Waals surface area (Å²) in [4.78, 5) is 32.6. The summed E-state index contributed by atoms with van der Waals surface area (Å²) in [5.74, 6) is 1.28. The lowest BCUT2D eigenvalue weighted by Crippen LogP contribution is -2.41. The number of hydrogen-bond acceptors (Lipinski definition) is 5. The molecule has 2 fully saturated rings.